The molecule has 0 saturated carbocycles. The number of benzene rings is 3. The highest BCUT2D eigenvalue weighted by Crippen LogP contribution is 2.31. The van der Waals surface area contributed by atoms with E-state index in [1.807, 2.05) is 72.8 Å². The molecule has 1 N–H and O–H groups in total. The maximum Gasteiger partial charge on any atom is 0.305 e. The molecule has 8 heteroatoms. The van der Waals surface area contributed by atoms with Crippen LogP contribution in [0.1, 0.15) is 44.1 Å². The zero-order chi connectivity index (χ0) is 31.0. The molecular weight excluding hydrogens is 558 g/mol. The largest absolute Gasteiger partial charge is 0.493 e. The minimum Gasteiger partial charge on any atom is -0.493 e. The number of rotatable bonds is 18. The molecule has 0 fully saturated rings. The number of methoxy groups -OCH3 is 1. The van der Waals surface area contributed by atoms with Crippen LogP contribution in [-0.4, -0.2) is 49.0 Å². The van der Waals surface area contributed by atoms with Gasteiger partial charge in [0.15, 0.2) is 0 Å². The first-order valence-corrected chi connectivity index (χ1v) is 15.0. The van der Waals surface area contributed by atoms with Crippen LogP contribution in [0.25, 0.3) is 22.4 Å². The van der Waals surface area contributed by atoms with Crippen molar-refractivity contribution in [2.45, 2.75) is 44.9 Å². The number of hydrogen-bond acceptors (Lipinski definition) is 7. The summed E-state index contributed by atoms with van der Waals surface area (Å²) in [5.41, 5.74) is 4.84. The highest BCUT2D eigenvalue weighted by atomic mass is 16.5. The van der Waals surface area contributed by atoms with E-state index in [0.717, 1.165) is 47.2 Å². The number of aliphatic carboxylic acids is 1. The second-order valence-electron chi connectivity index (χ2n) is 10.2. The average Bonchev–Trinajstić information content (AvgIpc) is 3.06. The molecule has 1 heterocycles. The predicted octanol–water partition coefficient (Wildman–Crippen LogP) is 7.39. The van der Waals surface area contributed by atoms with Crippen molar-refractivity contribution in [1.29, 1.82) is 0 Å². The zero-order valence-electron chi connectivity index (χ0n) is 25.1. The smallest absolute Gasteiger partial charge is 0.305 e. The fraction of sp³-hybridized carbons (Fsp3) is 0.306. The van der Waals surface area contributed by atoms with Crippen LogP contribution in [-0.2, 0) is 20.7 Å². The molecule has 8 nitrogen and oxygen atoms in total. The first kappa shape index (κ1) is 32.1. The lowest BCUT2D eigenvalue weighted by Crippen LogP contribution is -2.08. The molecule has 4 rings (SSSR count). The molecule has 0 spiro atoms. The Morgan fingerprint density at radius 3 is 1.91 bits per heavy atom. The third-order valence-corrected chi connectivity index (χ3v) is 6.96. The Bertz CT molecular complexity index is 1420. The molecular formula is C36H39NO7. The molecule has 4 aromatic rings. The van der Waals surface area contributed by atoms with Gasteiger partial charge in [0.25, 0.3) is 0 Å². The van der Waals surface area contributed by atoms with E-state index >= 15 is 0 Å². The number of carboxylic acids is 1. The Morgan fingerprint density at radius 2 is 1.27 bits per heavy atom. The summed E-state index contributed by atoms with van der Waals surface area (Å²) in [7, 11) is 1.36. The van der Waals surface area contributed by atoms with Crippen molar-refractivity contribution in [3.63, 3.8) is 0 Å². The number of aromatic nitrogens is 1. The number of carbonyl (C=O) groups excluding carboxylic acids is 1. The zero-order valence-corrected chi connectivity index (χ0v) is 25.1. The van der Waals surface area contributed by atoms with Gasteiger partial charge in [0.2, 0.25) is 5.88 Å². The van der Waals surface area contributed by atoms with Crippen LogP contribution in [0.5, 0.6) is 17.4 Å². The number of pyridine rings is 1. The van der Waals surface area contributed by atoms with Gasteiger partial charge >= 0.3 is 11.9 Å². The van der Waals surface area contributed by atoms with Gasteiger partial charge in [-0.1, -0.05) is 66.7 Å². The van der Waals surface area contributed by atoms with Gasteiger partial charge < -0.3 is 24.1 Å². The van der Waals surface area contributed by atoms with Gasteiger partial charge in [-0.25, -0.2) is 4.98 Å². The molecule has 0 radical (unpaired) electrons. The minimum absolute atomic E-state index is 0.0279. The van der Waals surface area contributed by atoms with Crippen LogP contribution in [0.15, 0.2) is 91.0 Å². The molecule has 0 saturated heterocycles. The number of carboxylic acid groups (broad SMARTS) is 1. The normalized spacial score (nSPS) is 10.7. The Kier molecular flexibility index (Phi) is 12.6. The van der Waals surface area contributed by atoms with Crippen LogP contribution < -0.4 is 14.2 Å². The molecule has 0 atom stereocenters. The summed E-state index contributed by atoms with van der Waals surface area (Å²) in [6, 6.07) is 29.9. The van der Waals surface area contributed by atoms with Gasteiger partial charge in [-0.2, -0.15) is 0 Å². The summed E-state index contributed by atoms with van der Waals surface area (Å²) in [5.74, 6) is 0.644. The summed E-state index contributed by atoms with van der Waals surface area (Å²) in [6.45, 7) is 1.29. The first-order chi connectivity index (χ1) is 21.5. The first-order valence-electron chi connectivity index (χ1n) is 15.0. The van der Waals surface area contributed by atoms with Crippen molar-refractivity contribution < 1.29 is 33.6 Å². The topological polar surface area (TPSA) is 104 Å². The highest BCUT2D eigenvalue weighted by molar-refractivity contribution is 5.72. The predicted molar refractivity (Wildman–Crippen MR) is 169 cm³/mol. The molecule has 230 valence electrons. The maximum atomic E-state index is 11.8. The van der Waals surface area contributed by atoms with Crippen molar-refractivity contribution in [2.24, 2.45) is 0 Å². The maximum absolute atomic E-state index is 11.8. The van der Waals surface area contributed by atoms with Crippen LogP contribution in [0.2, 0.25) is 0 Å². The SMILES string of the molecule is COC(=O)CCc1c(OCCCCCOc2cc(-c3ccccc3)cc(-c3ccccc3)n2)cccc1OCCCC(=O)O. The highest BCUT2D eigenvalue weighted by Gasteiger charge is 2.14. The van der Waals surface area contributed by atoms with Gasteiger partial charge in [0.1, 0.15) is 11.5 Å². The minimum atomic E-state index is -0.865. The van der Waals surface area contributed by atoms with Gasteiger partial charge in [-0.15, -0.1) is 0 Å². The summed E-state index contributed by atoms with van der Waals surface area (Å²) in [5, 5.41) is 8.88. The number of carbonyl (C=O) groups is 2. The lowest BCUT2D eigenvalue weighted by atomic mass is 10.0. The summed E-state index contributed by atoms with van der Waals surface area (Å²) < 4.78 is 22.9. The molecule has 44 heavy (non-hydrogen) atoms. The number of unbranched alkanes of at least 4 members (excludes halogenated alkanes) is 2. The lowest BCUT2D eigenvalue weighted by molar-refractivity contribution is -0.140. The van der Waals surface area contributed by atoms with Crippen LogP contribution >= 0.6 is 0 Å². The van der Waals surface area contributed by atoms with E-state index in [9.17, 15) is 9.59 Å². The van der Waals surface area contributed by atoms with E-state index in [0.29, 0.717) is 43.4 Å². The van der Waals surface area contributed by atoms with Gasteiger partial charge in [-0.3, -0.25) is 9.59 Å². The Balaban J connectivity index is 1.30. The molecule has 0 unspecified atom stereocenters. The fourth-order valence-corrected chi connectivity index (χ4v) is 4.67. The lowest BCUT2D eigenvalue weighted by Gasteiger charge is -2.16. The molecule has 0 aliphatic heterocycles. The number of nitrogens with zero attached hydrogens (tertiary/aromatic N) is 1. The van der Waals surface area contributed by atoms with E-state index in [2.05, 4.69) is 18.2 Å². The quantitative estimate of drug-likeness (QED) is 0.0935. The van der Waals surface area contributed by atoms with E-state index < -0.39 is 5.97 Å². The molecule has 0 aliphatic carbocycles. The second-order valence-corrected chi connectivity index (χ2v) is 10.2. The van der Waals surface area contributed by atoms with E-state index in [1.165, 1.54) is 7.11 Å². The molecule has 0 aliphatic rings. The molecule has 0 bridgehead atoms. The average molecular weight is 598 g/mol. The number of ether oxygens (including phenoxy) is 4. The van der Waals surface area contributed by atoms with Crippen molar-refractivity contribution >= 4 is 11.9 Å². The van der Waals surface area contributed by atoms with E-state index in [4.69, 9.17) is 29.0 Å². The molecule has 0 amide bonds. The van der Waals surface area contributed by atoms with Gasteiger partial charge in [-0.05, 0) is 61.4 Å². The van der Waals surface area contributed by atoms with Crippen LogP contribution in [0, 0.1) is 0 Å². The number of esters is 1. The van der Waals surface area contributed by atoms with E-state index in [-0.39, 0.29) is 25.4 Å². The van der Waals surface area contributed by atoms with Crippen molar-refractivity contribution in [1.82, 2.24) is 4.98 Å². The monoisotopic (exact) mass is 597 g/mol. The third kappa shape index (κ3) is 10.2. The van der Waals surface area contributed by atoms with Crippen molar-refractivity contribution in [3.8, 4) is 39.8 Å². The van der Waals surface area contributed by atoms with E-state index in [1.54, 1.807) is 0 Å². The van der Waals surface area contributed by atoms with Gasteiger partial charge in [0.05, 0.1) is 32.6 Å². The van der Waals surface area contributed by atoms with Crippen molar-refractivity contribution in [3.05, 3.63) is 96.6 Å². The van der Waals surface area contributed by atoms with Gasteiger partial charge in [0, 0.05) is 30.0 Å². The van der Waals surface area contributed by atoms with Crippen molar-refractivity contribution in [2.75, 3.05) is 26.9 Å². The Hall–Kier alpha value is -4.85. The van der Waals surface area contributed by atoms with Crippen LogP contribution in [0.4, 0.5) is 0 Å². The van der Waals surface area contributed by atoms with Crippen LogP contribution in [0.3, 0.4) is 0 Å². The third-order valence-electron chi connectivity index (χ3n) is 6.96. The second kappa shape index (κ2) is 17.3. The standard InChI is InChI=1S/C36H39NO7/c1-41-36(40)21-20-30-32(17-11-18-33(30)43-24-12-19-35(38)39)42-22-9-4-10-23-44-34-26-29(27-13-5-2-6-14-27)25-31(37-34)28-15-7-3-8-16-28/h2-3,5-8,11,13-18,25-26H,4,9-10,12,19-24H2,1H3,(H,38,39). The summed E-state index contributed by atoms with van der Waals surface area (Å²) in [6.07, 6.45) is 3.54. The molecule has 1 aromatic heterocycles. The number of hydrogen-bond donors (Lipinski definition) is 1. The summed E-state index contributed by atoms with van der Waals surface area (Å²) >= 11 is 0. The molecule has 3 aromatic carbocycles. The fourth-order valence-electron chi connectivity index (χ4n) is 4.67. The Morgan fingerprint density at radius 1 is 0.659 bits per heavy atom. The summed E-state index contributed by atoms with van der Waals surface area (Å²) in [4.78, 5) is 27.4. The Labute approximate surface area is 258 Å².